The van der Waals surface area contributed by atoms with Crippen LogP contribution in [0.25, 0.3) is 5.57 Å². The Kier molecular flexibility index (Phi) is 8.44. The average Bonchev–Trinajstić information content (AvgIpc) is 3.35. The number of aromatic nitrogens is 2. The summed E-state index contributed by atoms with van der Waals surface area (Å²) in [6.45, 7) is 5.26. The second-order valence-electron chi connectivity index (χ2n) is 8.24. The Labute approximate surface area is 209 Å². The van der Waals surface area contributed by atoms with E-state index in [9.17, 15) is 9.59 Å². The molecule has 1 aromatic heterocycles. The maximum Gasteiger partial charge on any atom is 0.255 e. The first-order valence-corrected chi connectivity index (χ1v) is 11.7. The Hall–Kier alpha value is -3.90. The number of nitrogens with one attached hydrogen (secondary N) is 2. The van der Waals surface area contributed by atoms with Crippen molar-refractivity contribution >= 4 is 40.5 Å². The van der Waals surface area contributed by atoms with Crippen molar-refractivity contribution in [3.05, 3.63) is 58.4 Å². The first-order valence-electron chi connectivity index (χ1n) is 11.3. The standard InChI is InChI=1S/C18H19ClN6O.C7H11NO/c1-23-18-16(17(22)26)15(24-25-18)5-4-10-6-14(21)11(7-13(10)19)12(8-20)9-2-3-9;1-2-7(9)8-5-3-4-6-8/h6-9H,2-3,20-21H2,1H3,(H2,22,26)(H2,23,24,25);2H,1,3-6H2/b12-8-;. The molecule has 1 saturated carbocycles. The number of H-pyrrole nitrogens is 1. The number of likely N-dealkylation sites (tertiary alicyclic amines) is 1. The molecule has 9 nitrogen and oxygen atoms in total. The summed E-state index contributed by atoms with van der Waals surface area (Å²) in [5.41, 5.74) is 20.8. The number of rotatable bonds is 5. The molecule has 0 bridgehead atoms. The Balaban J connectivity index is 0.000000320. The van der Waals surface area contributed by atoms with Crippen molar-refractivity contribution in [2.24, 2.45) is 17.4 Å². The van der Waals surface area contributed by atoms with Crippen LogP contribution in [0.15, 0.2) is 31.0 Å². The van der Waals surface area contributed by atoms with E-state index in [4.69, 9.17) is 28.8 Å². The molecule has 10 heteroatoms. The predicted octanol–water partition coefficient (Wildman–Crippen LogP) is 2.69. The molecule has 0 radical (unpaired) electrons. The van der Waals surface area contributed by atoms with Crippen molar-refractivity contribution in [2.45, 2.75) is 25.7 Å². The number of carbonyl (C=O) groups is 2. The molecule has 35 heavy (non-hydrogen) atoms. The molecule has 1 aliphatic heterocycles. The van der Waals surface area contributed by atoms with E-state index in [-0.39, 0.29) is 11.5 Å². The fraction of sp³-hybridized carbons (Fsp3) is 0.320. The van der Waals surface area contributed by atoms with Gasteiger partial charge in [-0.1, -0.05) is 24.1 Å². The molecule has 0 atom stereocenters. The molecule has 2 heterocycles. The monoisotopic (exact) mass is 495 g/mol. The fourth-order valence-corrected chi connectivity index (χ4v) is 4.04. The van der Waals surface area contributed by atoms with Gasteiger partial charge in [0.25, 0.3) is 5.91 Å². The number of nitrogen functional groups attached to an aromatic ring is 1. The van der Waals surface area contributed by atoms with Crippen LogP contribution in [0.5, 0.6) is 0 Å². The highest BCUT2D eigenvalue weighted by Gasteiger charge is 2.28. The lowest BCUT2D eigenvalue weighted by atomic mass is 9.99. The van der Waals surface area contributed by atoms with Gasteiger partial charge in [-0.3, -0.25) is 14.7 Å². The average molecular weight is 496 g/mol. The molecule has 1 aromatic carbocycles. The lowest BCUT2D eigenvalue weighted by Gasteiger charge is -2.11. The van der Waals surface area contributed by atoms with Gasteiger partial charge in [0.2, 0.25) is 5.91 Å². The molecule has 0 unspecified atom stereocenters. The second kappa shape index (κ2) is 11.5. The Morgan fingerprint density at radius 2 is 1.97 bits per heavy atom. The van der Waals surface area contributed by atoms with Crippen LogP contribution in [-0.4, -0.2) is 47.0 Å². The van der Waals surface area contributed by atoms with E-state index in [0.29, 0.717) is 33.7 Å². The maximum absolute atomic E-state index is 11.6. The Morgan fingerprint density at radius 1 is 1.29 bits per heavy atom. The molecule has 8 N–H and O–H groups in total. The number of benzene rings is 1. The van der Waals surface area contributed by atoms with Crippen molar-refractivity contribution in [3.8, 4) is 11.8 Å². The number of hydrogen-bond donors (Lipinski definition) is 5. The SMILES string of the molecule is C=CC(=O)N1CCCC1.CNc1n[nH]c(C#Cc2cc(N)c(/C(=C\N)C3CC3)cc2Cl)c1C(N)=O. The van der Waals surface area contributed by atoms with Gasteiger partial charge in [-0.2, -0.15) is 5.10 Å². The van der Waals surface area contributed by atoms with Gasteiger partial charge in [-0.05, 0) is 67.5 Å². The third-order valence-electron chi connectivity index (χ3n) is 5.81. The van der Waals surface area contributed by atoms with Crippen molar-refractivity contribution in [1.29, 1.82) is 0 Å². The largest absolute Gasteiger partial charge is 0.404 e. The van der Waals surface area contributed by atoms with E-state index in [0.717, 1.165) is 49.9 Å². The van der Waals surface area contributed by atoms with Crippen LogP contribution in [0, 0.1) is 17.8 Å². The van der Waals surface area contributed by atoms with E-state index >= 15 is 0 Å². The van der Waals surface area contributed by atoms with Crippen LogP contribution >= 0.6 is 11.6 Å². The maximum atomic E-state index is 11.6. The number of amides is 2. The van der Waals surface area contributed by atoms with Gasteiger partial charge in [0, 0.05) is 37.0 Å². The zero-order valence-electron chi connectivity index (χ0n) is 19.7. The number of nitrogens with zero attached hydrogens (tertiary/aromatic N) is 2. The summed E-state index contributed by atoms with van der Waals surface area (Å²) < 4.78 is 0. The number of primary amides is 1. The quantitative estimate of drug-likeness (QED) is 0.244. The van der Waals surface area contributed by atoms with Crippen LogP contribution in [-0.2, 0) is 4.79 Å². The molecule has 2 amide bonds. The molecule has 1 aliphatic carbocycles. The molecule has 2 aliphatic rings. The van der Waals surface area contributed by atoms with Gasteiger partial charge >= 0.3 is 0 Å². The minimum Gasteiger partial charge on any atom is -0.404 e. The third-order valence-corrected chi connectivity index (χ3v) is 6.12. The Morgan fingerprint density at radius 3 is 2.51 bits per heavy atom. The molecular weight excluding hydrogens is 466 g/mol. The number of aromatic amines is 1. The number of nitrogens with two attached hydrogens (primary N) is 3. The number of carbonyl (C=O) groups excluding carboxylic acids is 2. The van der Waals surface area contributed by atoms with Crippen LogP contribution in [0.2, 0.25) is 5.02 Å². The smallest absolute Gasteiger partial charge is 0.255 e. The van der Waals surface area contributed by atoms with Crippen LogP contribution < -0.4 is 22.5 Å². The zero-order chi connectivity index (χ0) is 25.5. The normalized spacial score (nSPS) is 14.9. The van der Waals surface area contributed by atoms with Gasteiger partial charge < -0.3 is 27.4 Å². The Bertz CT molecular complexity index is 1210. The molecule has 4 rings (SSSR count). The van der Waals surface area contributed by atoms with Crippen molar-refractivity contribution in [3.63, 3.8) is 0 Å². The lowest BCUT2D eigenvalue weighted by molar-refractivity contribution is -0.124. The van der Waals surface area contributed by atoms with E-state index in [1.165, 1.54) is 6.08 Å². The van der Waals surface area contributed by atoms with Crippen LogP contribution in [0.4, 0.5) is 11.5 Å². The third kappa shape index (κ3) is 6.16. The second-order valence-corrected chi connectivity index (χ2v) is 8.65. The van der Waals surface area contributed by atoms with Crippen LogP contribution in [0.3, 0.4) is 0 Å². The number of hydrogen-bond acceptors (Lipinski definition) is 6. The first kappa shape index (κ1) is 25.7. The minimum absolute atomic E-state index is 0.0764. The summed E-state index contributed by atoms with van der Waals surface area (Å²) in [7, 11) is 1.64. The number of anilines is 2. The topological polar surface area (TPSA) is 156 Å². The van der Waals surface area contributed by atoms with E-state index < -0.39 is 5.91 Å². The highest BCUT2D eigenvalue weighted by Crippen LogP contribution is 2.43. The molecular formula is C25H30ClN7O2. The highest BCUT2D eigenvalue weighted by molar-refractivity contribution is 6.32. The highest BCUT2D eigenvalue weighted by atomic mass is 35.5. The predicted molar refractivity (Wildman–Crippen MR) is 139 cm³/mol. The molecule has 1 saturated heterocycles. The van der Waals surface area contributed by atoms with Gasteiger partial charge in [0.05, 0.1) is 5.02 Å². The molecule has 0 spiro atoms. The summed E-state index contributed by atoms with van der Waals surface area (Å²) in [6, 6.07) is 3.48. The number of allylic oxidation sites excluding steroid dienone is 1. The van der Waals surface area contributed by atoms with Crippen molar-refractivity contribution in [2.75, 3.05) is 31.2 Å². The van der Waals surface area contributed by atoms with Crippen molar-refractivity contribution < 1.29 is 9.59 Å². The van der Waals surface area contributed by atoms with Gasteiger partial charge in [-0.15, -0.1) is 0 Å². The summed E-state index contributed by atoms with van der Waals surface area (Å²) in [6.07, 6.45) is 7.48. The van der Waals surface area contributed by atoms with Gasteiger partial charge in [-0.25, -0.2) is 0 Å². The van der Waals surface area contributed by atoms with Crippen LogP contribution in [0.1, 0.15) is 52.9 Å². The molecule has 184 valence electrons. The lowest BCUT2D eigenvalue weighted by Crippen LogP contribution is -2.25. The van der Waals surface area contributed by atoms with E-state index in [2.05, 4.69) is 33.9 Å². The summed E-state index contributed by atoms with van der Waals surface area (Å²) >= 11 is 6.37. The van der Waals surface area contributed by atoms with E-state index in [1.54, 1.807) is 25.4 Å². The number of halogens is 1. The van der Waals surface area contributed by atoms with E-state index in [1.807, 2.05) is 4.90 Å². The summed E-state index contributed by atoms with van der Waals surface area (Å²) in [5, 5.41) is 9.89. The molecule has 2 fully saturated rings. The van der Waals surface area contributed by atoms with Crippen molar-refractivity contribution in [1.82, 2.24) is 15.1 Å². The summed E-state index contributed by atoms with van der Waals surface area (Å²) in [5.74, 6) is 5.98. The fourth-order valence-electron chi connectivity index (χ4n) is 3.83. The first-order chi connectivity index (χ1) is 16.8. The minimum atomic E-state index is -0.629. The summed E-state index contributed by atoms with van der Waals surface area (Å²) in [4.78, 5) is 24.3. The van der Waals surface area contributed by atoms with Gasteiger partial charge in [0.15, 0.2) is 5.82 Å². The molecule has 2 aromatic rings. The zero-order valence-corrected chi connectivity index (χ0v) is 20.4. The van der Waals surface area contributed by atoms with Gasteiger partial charge in [0.1, 0.15) is 11.3 Å².